The van der Waals surface area contributed by atoms with Crippen molar-refractivity contribution in [1.29, 1.82) is 0 Å². The molecule has 0 bridgehead atoms. The molecule has 1 amide bonds. The molecule has 0 radical (unpaired) electrons. The van der Waals surface area contributed by atoms with Gasteiger partial charge in [-0.3, -0.25) is 4.79 Å². The Bertz CT molecular complexity index is 479. The zero-order valence-corrected chi connectivity index (χ0v) is 11.7. The third-order valence-corrected chi connectivity index (χ3v) is 3.98. The summed E-state index contributed by atoms with van der Waals surface area (Å²) in [6.07, 6.45) is 3.37. The highest BCUT2D eigenvalue weighted by Crippen LogP contribution is 2.35. The van der Waals surface area contributed by atoms with Crippen LogP contribution < -0.4 is 10.6 Å². The predicted octanol–water partition coefficient (Wildman–Crippen LogP) is 2.64. The van der Waals surface area contributed by atoms with Crippen molar-refractivity contribution in [2.75, 3.05) is 18.4 Å². The largest absolute Gasteiger partial charge is 0.505 e. The maximum Gasteiger partial charge on any atom is 0.230 e. The molecule has 0 atom stereocenters. The highest BCUT2D eigenvalue weighted by Gasteiger charge is 2.38. The minimum Gasteiger partial charge on any atom is -0.505 e. The van der Waals surface area contributed by atoms with Gasteiger partial charge in [-0.2, -0.15) is 0 Å². The van der Waals surface area contributed by atoms with Gasteiger partial charge in [0.25, 0.3) is 0 Å². The quantitative estimate of drug-likeness (QED) is 0.743. The monoisotopic (exact) mass is 280 g/mol. The molecule has 1 heterocycles. The van der Waals surface area contributed by atoms with Crippen molar-refractivity contribution >= 4 is 11.6 Å². The minimum absolute atomic E-state index is 0.0501. The molecule has 1 saturated heterocycles. The Morgan fingerprint density at radius 3 is 2.75 bits per heavy atom. The van der Waals surface area contributed by atoms with E-state index >= 15 is 0 Å². The van der Waals surface area contributed by atoms with Gasteiger partial charge in [-0.25, -0.2) is 4.39 Å². The van der Waals surface area contributed by atoms with E-state index in [-0.39, 0.29) is 11.3 Å². The van der Waals surface area contributed by atoms with Crippen LogP contribution in [0.1, 0.15) is 32.6 Å². The van der Waals surface area contributed by atoms with Gasteiger partial charge in [-0.1, -0.05) is 13.3 Å². The summed E-state index contributed by atoms with van der Waals surface area (Å²) >= 11 is 0. The molecular weight excluding hydrogens is 259 g/mol. The number of nitrogens with one attached hydrogen (secondary N) is 2. The van der Waals surface area contributed by atoms with E-state index < -0.39 is 11.6 Å². The third-order valence-electron chi connectivity index (χ3n) is 3.98. The van der Waals surface area contributed by atoms with E-state index in [0.717, 1.165) is 44.8 Å². The number of phenols is 1. The normalized spacial score (nSPS) is 17.7. The molecule has 20 heavy (non-hydrogen) atoms. The summed E-state index contributed by atoms with van der Waals surface area (Å²) in [5, 5.41) is 15.2. The summed E-state index contributed by atoms with van der Waals surface area (Å²) in [5.41, 5.74) is 0.0215. The number of carbonyl (C=O) groups excluding carboxylic acids is 1. The smallest absolute Gasteiger partial charge is 0.230 e. The van der Waals surface area contributed by atoms with Gasteiger partial charge in [0.05, 0.1) is 5.41 Å². The van der Waals surface area contributed by atoms with Crippen molar-refractivity contribution in [3.8, 4) is 5.75 Å². The summed E-state index contributed by atoms with van der Waals surface area (Å²) in [7, 11) is 0. The number of rotatable bonds is 4. The molecule has 110 valence electrons. The van der Waals surface area contributed by atoms with Crippen LogP contribution in [0.15, 0.2) is 18.2 Å². The highest BCUT2D eigenvalue weighted by atomic mass is 19.1. The fraction of sp³-hybridized carbons (Fsp3) is 0.533. The molecule has 1 fully saturated rings. The molecular formula is C15H21FN2O2. The van der Waals surface area contributed by atoms with Crippen molar-refractivity contribution < 1.29 is 14.3 Å². The summed E-state index contributed by atoms with van der Waals surface area (Å²) in [4.78, 5) is 12.6. The van der Waals surface area contributed by atoms with E-state index in [1.165, 1.54) is 12.1 Å². The fourth-order valence-electron chi connectivity index (χ4n) is 2.82. The Kier molecular flexibility index (Phi) is 4.60. The number of amides is 1. The Morgan fingerprint density at radius 1 is 1.45 bits per heavy atom. The first kappa shape index (κ1) is 14.8. The number of piperidine rings is 1. The molecule has 0 aromatic heterocycles. The zero-order chi connectivity index (χ0) is 14.6. The van der Waals surface area contributed by atoms with Crippen molar-refractivity contribution in [2.24, 2.45) is 5.41 Å². The molecule has 1 aromatic rings. The van der Waals surface area contributed by atoms with E-state index in [4.69, 9.17) is 5.11 Å². The zero-order valence-electron chi connectivity index (χ0n) is 11.7. The molecule has 2 rings (SSSR count). The summed E-state index contributed by atoms with van der Waals surface area (Å²) in [5.74, 6) is -1.18. The summed E-state index contributed by atoms with van der Waals surface area (Å²) in [6.45, 7) is 3.73. The van der Waals surface area contributed by atoms with E-state index in [0.29, 0.717) is 5.69 Å². The van der Waals surface area contributed by atoms with Crippen molar-refractivity contribution in [2.45, 2.75) is 32.6 Å². The SMILES string of the molecule is CCCC1(C(=O)Nc2ccc(O)c(F)c2)CCNCC1. The Hall–Kier alpha value is -1.62. The number of halogens is 1. The van der Waals surface area contributed by atoms with E-state index in [2.05, 4.69) is 17.6 Å². The standard InChI is InChI=1S/C15H21FN2O2/c1-2-5-15(6-8-17-9-7-15)14(20)18-11-3-4-13(19)12(16)10-11/h3-4,10,17,19H,2,5-9H2,1H3,(H,18,20). The molecule has 1 aromatic carbocycles. The molecule has 3 N–H and O–H groups in total. The molecule has 0 aliphatic carbocycles. The van der Waals surface area contributed by atoms with Gasteiger partial charge < -0.3 is 15.7 Å². The molecule has 5 heteroatoms. The van der Waals surface area contributed by atoms with Gasteiger partial charge in [0.15, 0.2) is 11.6 Å². The predicted molar refractivity (Wildman–Crippen MR) is 76.1 cm³/mol. The average Bonchev–Trinajstić information content (AvgIpc) is 2.44. The molecule has 4 nitrogen and oxygen atoms in total. The van der Waals surface area contributed by atoms with Crippen LogP contribution in [0, 0.1) is 11.2 Å². The minimum atomic E-state index is -0.724. The van der Waals surface area contributed by atoms with Gasteiger partial charge in [0.1, 0.15) is 0 Å². The van der Waals surface area contributed by atoms with Crippen LogP contribution in [0.3, 0.4) is 0 Å². The average molecular weight is 280 g/mol. The number of hydrogen-bond acceptors (Lipinski definition) is 3. The second-order valence-electron chi connectivity index (χ2n) is 5.40. The number of carbonyl (C=O) groups is 1. The van der Waals surface area contributed by atoms with Crippen LogP contribution in [-0.2, 0) is 4.79 Å². The van der Waals surface area contributed by atoms with Gasteiger partial charge in [-0.15, -0.1) is 0 Å². The second kappa shape index (κ2) is 6.22. The maximum atomic E-state index is 13.3. The van der Waals surface area contributed by atoms with E-state index in [1.807, 2.05) is 0 Å². The number of hydrogen-bond donors (Lipinski definition) is 3. The number of phenolic OH excluding ortho intramolecular Hbond substituents is 1. The lowest BCUT2D eigenvalue weighted by Gasteiger charge is -2.36. The summed E-state index contributed by atoms with van der Waals surface area (Å²) in [6, 6.07) is 3.91. The first-order chi connectivity index (χ1) is 9.57. The topological polar surface area (TPSA) is 61.4 Å². The van der Waals surface area contributed by atoms with Crippen molar-refractivity contribution in [3.63, 3.8) is 0 Å². The second-order valence-corrected chi connectivity index (χ2v) is 5.40. The van der Waals surface area contributed by atoms with Crippen molar-refractivity contribution in [1.82, 2.24) is 5.32 Å². The van der Waals surface area contributed by atoms with E-state index in [1.54, 1.807) is 0 Å². The van der Waals surface area contributed by atoms with Crippen molar-refractivity contribution in [3.05, 3.63) is 24.0 Å². The van der Waals surface area contributed by atoms with Gasteiger partial charge in [0, 0.05) is 11.8 Å². The number of anilines is 1. The fourth-order valence-corrected chi connectivity index (χ4v) is 2.82. The Labute approximate surface area is 118 Å². The van der Waals surface area contributed by atoms with E-state index in [9.17, 15) is 9.18 Å². The lowest BCUT2D eigenvalue weighted by molar-refractivity contribution is -0.127. The summed E-state index contributed by atoms with van der Waals surface area (Å²) < 4.78 is 13.3. The first-order valence-corrected chi connectivity index (χ1v) is 7.08. The Morgan fingerprint density at radius 2 is 2.15 bits per heavy atom. The molecule has 1 aliphatic rings. The van der Waals surface area contributed by atoms with Crippen LogP contribution in [0.2, 0.25) is 0 Å². The van der Waals surface area contributed by atoms with Crippen LogP contribution >= 0.6 is 0 Å². The lowest BCUT2D eigenvalue weighted by Crippen LogP contribution is -2.44. The van der Waals surface area contributed by atoms with Crippen LogP contribution in [-0.4, -0.2) is 24.1 Å². The number of aromatic hydroxyl groups is 1. The maximum absolute atomic E-state index is 13.3. The van der Waals surface area contributed by atoms with Crippen LogP contribution in [0.25, 0.3) is 0 Å². The number of benzene rings is 1. The highest BCUT2D eigenvalue weighted by molar-refractivity contribution is 5.95. The molecule has 0 unspecified atom stereocenters. The van der Waals surface area contributed by atoms with Gasteiger partial charge in [0.2, 0.25) is 5.91 Å². The van der Waals surface area contributed by atoms with Crippen LogP contribution in [0.5, 0.6) is 5.75 Å². The lowest BCUT2D eigenvalue weighted by atomic mass is 9.74. The van der Waals surface area contributed by atoms with Gasteiger partial charge in [-0.05, 0) is 44.5 Å². The first-order valence-electron chi connectivity index (χ1n) is 7.08. The molecule has 1 aliphatic heterocycles. The third kappa shape index (κ3) is 3.10. The molecule has 0 spiro atoms. The molecule has 0 saturated carbocycles. The van der Waals surface area contributed by atoms with Crippen LogP contribution in [0.4, 0.5) is 10.1 Å². The Balaban J connectivity index is 2.13. The van der Waals surface area contributed by atoms with Gasteiger partial charge >= 0.3 is 0 Å².